The lowest BCUT2D eigenvalue weighted by Gasteiger charge is -2.31. The molecule has 2 N–H and O–H groups in total. The Bertz CT molecular complexity index is 790. The van der Waals surface area contributed by atoms with Crippen molar-refractivity contribution in [3.63, 3.8) is 0 Å². The van der Waals surface area contributed by atoms with Crippen molar-refractivity contribution in [2.24, 2.45) is 0 Å². The summed E-state index contributed by atoms with van der Waals surface area (Å²) >= 11 is 0. The summed E-state index contributed by atoms with van der Waals surface area (Å²) in [6.45, 7) is 4.07. The Kier molecular flexibility index (Phi) is 5.04. The van der Waals surface area contributed by atoms with Crippen molar-refractivity contribution < 1.29 is 0 Å². The summed E-state index contributed by atoms with van der Waals surface area (Å²) in [5.41, 5.74) is 3.57. The van der Waals surface area contributed by atoms with E-state index in [1.807, 2.05) is 18.5 Å². The van der Waals surface area contributed by atoms with Crippen LogP contribution in [0.1, 0.15) is 30.5 Å². The number of pyridine rings is 1. The molecule has 25 heavy (non-hydrogen) atoms. The highest BCUT2D eigenvalue weighted by Gasteiger charge is 2.21. The van der Waals surface area contributed by atoms with Crippen molar-refractivity contribution >= 4 is 10.9 Å². The molecule has 4 rings (SSSR count). The second kappa shape index (κ2) is 7.76. The van der Waals surface area contributed by atoms with Gasteiger partial charge in [-0.05, 0) is 56.1 Å². The molecule has 1 atom stereocenters. The molecule has 2 aromatic heterocycles. The Morgan fingerprint density at radius 2 is 2.08 bits per heavy atom. The van der Waals surface area contributed by atoms with E-state index in [-0.39, 0.29) is 0 Å². The number of benzene rings is 1. The topological polar surface area (TPSA) is 56.8 Å². The van der Waals surface area contributed by atoms with Crippen molar-refractivity contribution in [2.75, 3.05) is 13.1 Å². The van der Waals surface area contributed by atoms with Crippen LogP contribution in [0.2, 0.25) is 0 Å². The van der Waals surface area contributed by atoms with Crippen LogP contribution in [0.15, 0.2) is 48.8 Å². The van der Waals surface area contributed by atoms with E-state index in [4.69, 9.17) is 0 Å². The summed E-state index contributed by atoms with van der Waals surface area (Å²) in [5, 5.41) is 11.9. The van der Waals surface area contributed by atoms with E-state index >= 15 is 0 Å². The predicted molar refractivity (Wildman–Crippen MR) is 100 cm³/mol. The van der Waals surface area contributed by atoms with E-state index < -0.39 is 0 Å². The molecule has 0 radical (unpaired) electrons. The van der Waals surface area contributed by atoms with Gasteiger partial charge in [-0.1, -0.05) is 18.2 Å². The van der Waals surface area contributed by atoms with Crippen LogP contribution in [0, 0.1) is 0 Å². The minimum Gasteiger partial charge on any atom is -0.317 e. The monoisotopic (exact) mass is 335 g/mol. The van der Waals surface area contributed by atoms with Crippen LogP contribution < -0.4 is 5.32 Å². The van der Waals surface area contributed by atoms with Crippen molar-refractivity contribution in [1.82, 2.24) is 25.4 Å². The average Bonchev–Trinajstić information content (AvgIpc) is 2.94. The summed E-state index contributed by atoms with van der Waals surface area (Å²) in [7, 11) is 0. The minimum absolute atomic E-state index is 0.592. The van der Waals surface area contributed by atoms with Gasteiger partial charge in [-0.2, -0.15) is 5.10 Å². The van der Waals surface area contributed by atoms with E-state index in [2.05, 4.69) is 55.7 Å². The molecule has 1 aliphatic heterocycles. The van der Waals surface area contributed by atoms with Gasteiger partial charge in [0.05, 0.1) is 17.4 Å². The highest BCUT2D eigenvalue weighted by Crippen LogP contribution is 2.21. The first-order valence-electron chi connectivity index (χ1n) is 9.15. The maximum absolute atomic E-state index is 4.55. The second-order valence-corrected chi connectivity index (χ2v) is 6.85. The SMILES string of the molecule is c1ccc(CN(Cc2ccc3cn[nH]c3c2)C2CCCNCC2)nc1. The quantitative estimate of drug-likeness (QED) is 0.752. The molecule has 0 amide bonds. The van der Waals surface area contributed by atoms with Crippen LogP contribution in [0.4, 0.5) is 0 Å². The number of nitrogens with zero attached hydrogens (tertiary/aromatic N) is 3. The third-order valence-electron chi connectivity index (χ3n) is 5.04. The molecule has 1 saturated heterocycles. The number of nitrogens with one attached hydrogen (secondary N) is 2. The van der Waals surface area contributed by atoms with Gasteiger partial charge in [0.1, 0.15) is 0 Å². The molecular weight excluding hydrogens is 310 g/mol. The molecule has 0 aliphatic carbocycles. The summed E-state index contributed by atoms with van der Waals surface area (Å²) in [5.74, 6) is 0. The second-order valence-electron chi connectivity index (χ2n) is 6.85. The molecule has 1 aliphatic rings. The first-order chi connectivity index (χ1) is 12.4. The van der Waals surface area contributed by atoms with Gasteiger partial charge in [-0.15, -0.1) is 0 Å². The predicted octanol–water partition coefficient (Wildman–Crippen LogP) is 3.10. The van der Waals surface area contributed by atoms with E-state index in [9.17, 15) is 0 Å². The van der Waals surface area contributed by atoms with E-state index in [0.29, 0.717) is 6.04 Å². The molecule has 1 aromatic carbocycles. The summed E-state index contributed by atoms with van der Waals surface area (Å²) < 4.78 is 0. The zero-order valence-corrected chi connectivity index (χ0v) is 14.5. The number of aromatic nitrogens is 3. The molecule has 5 nitrogen and oxygen atoms in total. The lowest BCUT2D eigenvalue weighted by Crippen LogP contribution is -2.35. The average molecular weight is 335 g/mol. The number of rotatable bonds is 5. The smallest absolute Gasteiger partial charge is 0.0653 e. The highest BCUT2D eigenvalue weighted by molar-refractivity contribution is 5.78. The molecule has 0 spiro atoms. The van der Waals surface area contributed by atoms with Crippen molar-refractivity contribution in [3.05, 3.63) is 60.0 Å². The van der Waals surface area contributed by atoms with Crippen LogP contribution >= 0.6 is 0 Å². The van der Waals surface area contributed by atoms with Gasteiger partial charge in [-0.25, -0.2) is 0 Å². The molecule has 3 aromatic rings. The number of aromatic amines is 1. The van der Waals surface area contributed by atoms with Crippen molar-refractivity contribution in [1.29, 1.82) is 0 Å². The van der Waals surface area contributed by atoms with Crippen molar-refractivity contribution in [2.45, 2.75) is 38.4 Å². The first-order valence-corrected chi connectivity index (χ1v) is 9.15. The lowest BCUT2D eigenvalue weighted by molar-refractivity contribution is 0.162. The van der Waals surface area contributed by atoms with Crippen LogP contribution in [-0.4, -0.2) is 39.2 Å². The number of H-pyrrole nitrogens is 1. The molecule has 0 bridgehead atoms. The molecule has 0 saturated carbocycles. The number of fused-ring (bicyclic) bond motifs is 1. The van der Waals surface area contributed by atoms with Crippen LogP contribution in [0.25, 0.3) is 10.9 Å². The fourth-order valence-electron chi connectivity index (χ4n) is 3.70. The number of hydrogen-bond acceptors (Lipinski definition) is 4. The van der Waals surface area contributed by atoms with E-state index in [1.165, 1.54) is 30.2 Å². The minimum atomic E-state index is 0.592. The standard InChI is InChI=1S/C20H25N5/c1-2-10-22-18(4-1)15-25(19-5-3-9-21-11-8-19)14-16-6-7-17-13-23-24-20(17)12-16/h1-2,4,6-7,10,12-13,19,21H,3,5,8-9,11,14-15H2,(H,23,24). The molecule has 1 fully saturated rings. The van der Waals surface area contributed by atoms with E-state index in [0.717, 1.165) is 37.4 Å². The van der Waals surface area contributed by atoms with Crippen molar-refractivity contribution in [3.8, 4) is 0 Å². The Morgan fingerprint density at radius 1 is 1.08 bits per heavy atom. The number of hydrogen-bond donors (Lipinski definition) is 2. The Labute approximate surface area is 148 Å². The maximum Gasteiger partial charge on any atom is 0.0653 e. The summed E-state index contributed by atoms with van der Waals surface area (Å²) in [6, 6.07) is 13.4. The summed E-state index contributed by atoms with van der Waals surface area (Å²) in [4.78, 5) is 7.14. The fraction of sp³-hybridized carbons (Fsp3) is 0.400. The van der Waals surface area contributed by atoms with Gasteiger partial charge in [0.25, 0.3) is 0 Å². The molecular formula is C20H25N5. The van der Waals surface area contributed by atoms with Gasteiger partial charge in [0.2, 0.25) is 0 Å². The Morgan fingerprint density at radius 3 is 3.00 bits per heavy atom. The van der Waals surface area contributed by atoms with Gasteiger partial charge in [0.15, 0.2) is 0 Å². The maximum atomic E-state index is 4.55. The zero-order chi connectivity index (χ0) is 16.9. The van der Waals surface area contributed by atoms with Crippen LogP contribution in [0.3, 0.4) is 0 Å². The van der Waals surface area contributed by atoms with E-state index in [1.54, 1.807) is 0 Å². The molecule has 5 heteroatoms. The fourth-order valence-corrected chi connectivity index (χ4v) is 3.70. The van der Waals surface area contributed by atoms with Gasteiger partial charge >= 0.3 is 0 Å². The first kappa shape index (κ1) is 16.2. The normalized spacial score (nSPS) is 18.5. The Balaban J connectivity index is 1.56. The van der Waals surface area contributed by atoms with Gasteiger partial charge in [-0.3, -0.25) is 15.0 Å². The molecule has 3 heterocycles. The summed E-state index contributed by atoms with van der Waals surface area (Å²) in [6.07, 6.45) is 7.44. The van der Waals surface area contributed by atoms with Crippen LogP contribution in [-0.2, 0) is 13.1 Å². The largest absolute Gasteiger partial charge is 0.317 e. The lowest BCUT2D eigenvalue weighted by atomic mass is 10.0. The molecule has 1 unspecified atom stereocenters. The van der Waals surface area contributed by atoms with Gasteiger partial charge < -0.3 is 5.32 Å². The van der Waals surface area contributed by atoms with Gasteiger partial charge in [0, 0.05) is 30.7 Å². The van der Waals surface area contributed by atoms with Crippen LogP contribution in [0.5, 0.6) is 0 Å². The highest BCUT2D eigenvalue weighted by atomic mass is 15.2. The Hall–Kier alpha value is -2.24. The molecule has 130 valence electrons. The third-order valence-corrected chi connectivity index (χ3v) is 5.04. The third kappa shape index (κ3) is 4.06. The zero-order valence-electron chi connectivity index (χ0n) is 14.5.